The van der Waals surface area contributed by atoms with Gasteiger partial charge in [-0.1, -0.05) is 28.1 Å². The van der Waals surface area contributed by atoms with Crippen LogP contribution in [0.1, 0.15) is 25.3 Å². The van der Waals surface area contributed by atoms with E-state index in [0.717, 1.165) is 10.0 Å². The molecule has 1 heterocycles. The van der Waals surface area contributed by atoms with Gasteiger partial charge >= 0.3 is 0 Å². The molecule has 1 saturated carbocycles. The van der Waals surface area contributed by atoms with Crippen molar-refractivity contribution >= 4 is 21.8 Å². The number of nitrogens with two attached hydrogens (primary N) is 1. The second-order valence-electron chi connectivity index (χ2n) is 5.77. The lowest BCUT2D eigenvalue weighted by Crippen LogP contribution is -2.43. The molecule has 0 amide bonds. The minimum Gasteiger partial charge on any atom is -0.386 e. The van der Waals surface area contributed by atoms with Gasteiger partial charge in [-0.05, 0) is 31.5 Å². The normalized spacial score (nSPS) is 32.4. The summed E-state index contributed by atoms with van der Waals surface area (Å²) in [6.07, 6.45) is 0. The highest BCUT2D eigenvalue weighted by molar-refractivity contribution is 9.10. The van der Waals surface area contributed by atoms with Gasteiger partial charge in [-0.15, -0.1) is 0 Å². The van der Waals surface area contributed by atoms with Crippen LogP contribution in [0.2, 0.25) is 0 Å². The van der Waals surface area contributed by atoms with Crippen molar-refractivity contribution in [1.29, 1.82) is 10.5 Å². The van der Waals surface area contributed by atoms with Crippen molar-refractivity contribution in [1.82, 2.24) is 0 Å². The van der Waals surface area contributed by atoms with E-state index in [9.17, 15) is 10.5 Å². The zero-order valence-corrected chi connectivity index (χ0v) is 15.0. The molecule has 2 aliphatic rings. The number of amidine groups is 1. The summed E-state index contributed by atoms with van der Waals surface area (Å²) in [6, 6.07) is 12.0. The molecule has 2 N–H and O–H groups in total. The molecule has 3 atom stereocenters. The summed E-state index contributed by atoms with van der Waals surface area (Å²) in [4.78, 5) is 4.31. The van der Waals surface area contributed by atoms with Crippen LogP contribution in [-0.2, 0) is 9.47 Å². The molecule has 1 aliphatic carbocycles. The molecule has 1 aromatic carbocycles. The first-order chi connectivity index (χ1) is 11.5. The predicted octanol–water partition coefficient (Wildman–Crippen LogP) is 2.66. The molecule has 24 heavy (non-hydrogen) atoms. The fraction of sp³-hybridized carbons (Fsp3) is 0.471. The van der Waals surface area contributed by atoms with Gasteiger partial charge in [0.05, 0.1) is 12.1 Å². The molecule has 3 rings (SSSR count). The van der Waals surface area contributed by atoms with E-state index < -0.39 is 22.7 Å². The Balaban J connectivity index is 2.23. The predicted molar refractivity (Wildman–Crippen MR) is 90.6 cm³/mol. The fourth-order valence-electron chi connectivity index (χ4n) is 3.94. The molecule has 7 heteroatoms. The van der Waals surface area contributed by atoms with Gasteiger partial charge in [0.15, 0.2) is 5.41 Å². The molecule has 1 aromatic rings. The largest absolute Gasteiger partial charge is 0.386 e. The number of benzene rings is 1. The summed E-state index contributed by atoms with van der Waals surface area (Å²) in [7, 11) is 0. The Bertz CT molecular complexity index is 791. The van der Waals surface area contributed by atoms with Crippen LogP contribution in [-0.4, -0.2) is 25.0 Å². The first kappa shape index (κ1) is 16.9. The van der Waals surface area contributed by atoms with Gasteiger partial charge < -0.3 is 15.2 Å². The van der Waals surface area contributed by atoms with E-state index >= 15 is 0 Å². The Morgan fingerprint density at radius 3 is 2.42 bits per heavy atom. The second-order valence-corrected chi connectivity index (χ2v) is 6.69. The Labute approximate surface area is 149 Å². The van der Waals surface area contributed by atoms with Crippen molar-refractivity contribution < 1.29 is 9.47 Å². The van der Waals surface area contributed by atoms with Crippen molar-refractivity contribution in [2.24, 2.45) is 21.6 Å². The summed E-state index contributed by atoms with van der Waals surface area (Å²) in [5, 5.41) is 20.0. The summed E-state index contributed by atoms with van der Waals surface area (Å²) >= 11 is 3.43. The van der Waals surface area contributed by atoms with Crippen molar-refractivity contribution in [3.05, 3.63) is 34.3 Å². The van der Waals surface area contributed by atoms with Gasteiger partial charge in [0.1, 0.15) is 11.3 Å². The van der Waals surface area contributed by atoms with Crippen LogP contribution in [0.15, 0.2) is 33.7 Å². The third-order valence-corrected chi connectivity index (χ3v) is 5.28. The molecular formula is C17H17BrN4O2. The van der Waals surface area contributed by atoms with Crippen molar-refractivity contribution in [3.63, 3.8) is 0 Å². The Kier molecular flexibility index (Phi) is 3.92. The molecule has 1 aliphatic heterocycles. The highest BCUT2D eigenvalue weighted by Gasteiger charge is 2.93. The number of halogens is 1. The first-order valence-corrected chi connectivity index (χ1v) is 8.50. The number of hydrogen-bond donors (Lipinski definition) is 1. The third-order valence-electron chi connectivity index (χ3n) is 4.79. The van der Waals surface area contributed by atoms with E-state index in [-0.39, 0.29) is 19.0 Å². The standard InChI is InChI=1S/C17H17BrN4O2/c1-3-23-17(24-4-2)16(10-20)13(11-6-5-7-12(18)8-11)15(16,9-19)14(21)22-17/h5-8,13H,3-4H2,1-2H3,(H2,21,22)/t13-,15-,16+/m0/s1. The Morgan fingerprint density at radius 1 is 1.25 bits per heavy atom. The van der Waals surface area contributed by atoms with E-state index in [4.69, 9.17) is 15.2 Å². The summed E-state index contributed by atoms with van der Waals surface area (Å²) in [5.41, 5.74) is 4.42. The molecule has 0 radical (unpaired) electrons. The fourth-order valence-corrected chi connectivity index (χ4v) is 4.35. The number of rotatable bonds is 5. The van der Waals surface area contributed by atoms with Gasteiger partial charge in [-0.3, -0.25) is 0 Å². The van der Waals surface area contributed by atoms with E-state index in [2.05, 4.69) is 33.1 Å². The third kappa shape index (κ3) is 1.72. The van der Waals surface area contributed by atoms with Gasteiger partial charge in [-0.2, -0.15) is 10.5 Å². The van der Waals surface area contributed by atoms with Crippen LogP contribution >= 0.6 is 15.9 Å². The molecule has 0 unspecified atom stereocenters. The monoisotopic (exact) mass is 388 g/mol. The summed E-state index contributed by atoms with van der Waals surface area (Å²) in [6.45, 7) is 4.15. The number of ether oxygens (including phenoxy) is 2. The number of nitrogens with zero attached hydrogens (tertiary/aromatic N) is 3. The van der Waals surface area contributed by atoms with Crippen molar-refractivity contribution in [3.8, 4) is 12.1 Å². The zero-order valence-electron chi connectivity index (χ0n) is 13.4. The number of aliphatic imine (C=N–C) groups is 1. The second kappa shape index (κ2) is 5.56. The number of nitriles is 2. The van der Waals surface area contributed by atoms with E-state index in [0.29, 0.717) is 0 Å². The minimum absolute atomic E-state index is 0.0958. The highest BCUT2D eigenvalue weighted by Crippen LogP contribution is 2.82. The molecule has 0 saturated heterocycles. The zero-order chi connectivity index (χ0) is 17.6. The quantitative estimate of drug-likeness (QED) is 0.780. The van der Waals surface area contributed by atoms with Crippen molar-refractivity contribution in [2.45, 2.75) is 25.7 Å². The smallest absolute Gasteiger partial charge is 0.293 e. The van der Waals surface area contributed by atoms with Crippen LogP contribution in [0, 0.1) is 33.5 Å². The summed E-state index contributed by atoms with van der Waals surface area (Å²) in [5.74, 6) is -1.93. The van der Waals surface area contributed by atoms with Crippen LogP contribution in [0.4, 0.5) is 0 Å². The maximum Gasteiger partial charge on any atom is 0.293 e. The molecular weight excluding hydrogens is 372 g/mol. The lowest BCUT2D eigenvalue weighted by molar-refractivity contribution is -0.255. The van der Waals surface area contributed by atoms with Crippen molar-refractivity contribution in [2.75, 3.05) is 13.2 Å². The van der Waals surface area contributed by atoms with Gasteiger partial charge in [0.25, 0.3) is 5.91 Å². The van der Waals surface area contributed by atoms with Gasteiger partial charge in [-0.25, -0.2) is 4.99 Å². The lowest BCUT2D eigenvalue weighted by atomic mass is 9.93. The molecule has 0 spiro atoms. The van der Waals surface area contributed by atoms with Crippen LogP contribution in [0.3, 0.4) is 0 Å². The SMILES string of the molecule is CCOC1(OCC)N=C(N)[C@]2(C#N)[C@H](c3cccc(Br)c3)[C@@]12C#N. The summed E-state index contributed by atoms with van der Waals surface area (Å²) < 4.78 is 12.4. The van der Waals surface area contributed by atoms with Gasteiger partial charge in [0.2, 0.25) is 0 Å². The molecule has 0 bridgehead atoms. The van der Waals surface area contributed by atoms with Crippen LogP contribution in [0.5, 0.6) is 0 Å². The molecule has 1 fully saturated rings. The van der Waals surface area contributed by atoms with E-state index in [1.807, 2.05) is 24.3 Å². The number of hydrogen-bond acceptors (Lipinski definition) is 6. The topological polar surface area (TPSA) is 104 Å². The molecule has 0 aromatic heterocycles. The van der Waals surface area contributed by atoms with Crippen LogP contribution < -0.4 is 5.73 Å². The maximum absolute atomic E-state index is 10.1. The lowest BCUT2D eigenvalue weighted by Gasteiger charge is -2.31. The highest BCUT2D eigenvalue weighted by atomic mass is 79.9. The Hall–Kier alpha value is -1.93. The van der Waals surface area contributed by atoms with Gasteiger partial charge in [0, 0.05) is 23.6 Å². The van der Waals surface area contributed by atoms with E-state index in [1.54, 1.807) is 13.8 Å². The minimum atomic E-state index is -1.56. The molecule has 6 nitrogen and oxygen atoms in total. The number of fused-ring (bicyclic) bond motifs is 1. The molecule has 124 valence electrons. The first-order valence-electron chi connectivity index (χ1n) is 7.71. The average Bonchev–Trinajstić information content (AvgIpc) is 3.14. The van der Waals surface area contributed by atoms with E-state index in [1.165, 1.54) is 0 Å². The van der Waals surface area contributed by atoms with Crippen LogP contribution in [0.25, 0.3) is 0 Å². The average molecular weight is 389 g/mol. The Morgan fingerprint density at radius 2 is 1.92 bits per heavy atom. The maximum atomic E-state index is 10.1.